The number of para-hydroxylation sites is 1. The van der Waals surface area contributed by atoms with Crippen molar-refractivity contribution in [3.05, 3.63) is 72.3 Å². The molecule has 35 heavy (non-hydrogen) atoms. The SMILES string of the molecule is O=C(Oc1ccccc1)c1ccc(Nc2cc(N3CCCCC3)cc(N3CCCCC3)c2)cc1O. The molecule has 2 saturated heterocycles. The predicted octanol–water partition coefficient (Wildman–Crippen LogP) is 6.34. The van der Waals surface area contributed by atoms with Gasteiger partial charge in [-0.2, -0.15) is 0 Å². The van der Waals surface area contributed by atoms with Gasteiger partial charge in [-0.25, -0.2) is 4.79 Å². The Hall–Kier alpha value is -3.67. The van der Waals surface area contributed by atoms with Gasteiger partial charge in [0.2, 0.25) is 0 Å². The molecule has 0 saturated carbocycles. The zero-order valence-corrected chi connectivity index (χ0v) is 20.1. The third kappa shape index (κ3) is 5.70. The minimum atomic E-state index is -0.584. The first-order valence-corrected chi connectivity index (χ1v) is 12.7. The number of phenols is 1. The van der Waals surface area contributed by atoms with Gasteiger partial charge in [0, 0.05) is 55.0 Å². The Morgan fingerprint density at radius 2 is 1.31 bits per heavy atom. The molecule has 2 fully saturated rings. The summed E-state index contributed by atoms with van der Waals surface area (Å²) in [4.78, 5) is 17.5. The second kappa shape index (κ2) is 10.7. The fraction of sp³-hybridized carbons (Fsp3) is 0.345. The lowest BCUT2D eigenvalue weighted by molar-refractivity contribution is 0.0731. The molecule has 0 aliphatic carbocycles. The maximum absolute atomic E-state index is 12.5. The second-order valence-corrected chi connectivity index (χ2v) is 9.39. The number of hydrogen-bond acceptors (Lipinski definition) is 6. The van der Waals surface area contributed by atoms with E-state index in [1.165, 1.54) is 49.9 Å². The topological polar surface area (TPSA) is 65.0 Å². The van der Waals surface area contributed by atoms with Crippen LogP contribution in [0.1, 0.15) is 48.9 Å². The lowest BCUT2D eigenvalue weighted by Gasteiger charge is -2.33. The third-order valence-electron chi connectivity index (χ3n) is 6.81. The molecule has 0 amide bonds. The van der Waals surface area contributed by atoms with E-state index in [0.717, 1.165) is 37.6 Å². The van der Waals surface area contributed by atoms with Crippen molar-refractivity contribution in [2.45, 2.75) is 38.5 Å². The van der Waals surface area contributed by atoms with Crippen molar-refractivity contribution in [1.29, 1.82) is 0 Å². The summed E-state index contributed by atoms with van der Waals surface area (Å²) in [5.41, 5.74) is 4.31. The molecule has 0 radical (unpaired) electrons. The van der Waals surface area contributed by atoms with Crippen LogP contribution in [0.15, 0.2) is 66.7 Å². The summed E-state index contributed by atoms with van der Waals surface area (Å²) in [5, 5.41) is 14.0. The van der Waals surface area contributed by atoms with Crippen molar-refractivity contribution >= 4 is 28.7 Å². The number of piperidine rings is 2. The van der Waals surface area contributed by atoms with E-state index in [0.29, 0.717) is 5.75 Å². The van der Waals surface area contributed by atoms with Crippen LogP contribution in [0, 0.1) is 0 Å². The van der Waals surface area contributed by atoms with Gasteiger partial charge in [0.05, 0.1) is 0 Å². The lowest BCUT2D eigenvalue weighted by Crippen LogP contribution is -2.31. The van der Waals surface area contributed by atoms with Crippen LogP contribution in [-0.4, -0.2) is 37.3 Å². The number of esters is 1. The Bertz CT molecular complexity index is 1120. The molecular formula is C29H33N3O3. The summed E-state index contributed by atoms with van der Waals surface area (Å²) in [5.74, 6) is -0.252. The number of phenolic OH excluding ortho intramolecular Hbond substituents is 1. The van der Waals surface area contributed by atoms with Crippen molar-refractivity contribution in [2.75, 3.05) is 41.3 Å². The highest BCUT2D eigenvalue weighted by molar-refractivity contribution is 5.94. The smallest absolute Gasteiger partial charge is 0.347 e. The average molecular weight is 472 g/mol. The van der Waals surface area contributed by atoms with Crippen LogP contribution in [0.4, 0.5) is 22.7 Å². The number of hydrogen-bond donors (Lipinski definition) is 2. The quantitative estimate of drug-likeness (QED) is 0.323. The van der Waals surface area contributed by atoms with Crippen LogP contribution in [0.5, 0.6) is 11.5 Å². The van der Waals surface area contributed by atoms with Crippen LogP contribution in [0.3, 0.4) is 0 Å². The standard InChI is InChI=1S/C29H33N3O3/c33-28-20-22(12-13-27(28)29(34)35-26-10-4-1-5-11-26)30-23-18-24(31-14-6-2-7-15-31)21-25(19-23)32-16-8-3-9-17-32/h1,4-5,10-13,18-21,30,33H,2-3,6-9,14-17H2. The number of ether oxygens (including phenoxy) is 1. The molecule has 2 aliphatic heterocycles. The molecule has 3 aromatic rings. The van der Waals surface area contributed by atoms with Gasteiger partial charge in [-0.3, -0.25) is 0 Å². The minimum Gasteiger partial charge on any atom is -0.507 e. The summed E-state index contributed by atoms with van der Waals surface area (Å²) in [6, 6.07) is 20.5. The summed E-state index contributed by atoms with van der Waals surface area (Å²) in [6.45, 7) is 4.34. The fourth-order valence-electron chi connectivity index (χ4n) is 4.94. The summed E-state index contributed by atoms with van der Waals surface area (Å²) in [7, 11) is 0. The highest BCUT2D eigenvalue weighted by atomic mass is 16.5. The summed E-state index contributed by atoms with van der Waals surface area (Å²) in [6.07, 6.45) is 7.50. The maximum atomic E-state index is 12.5. The van der Waals surface area contributed by atoms with E-state index in [2.05, 4.69) is 33.3 Å². The number of aromatic hydroxyl groups is 1. The van der Waals surface area contributed by atoms with E-state index in [1.807, 2.05) is 6.07 Å². The van der Waals surface area contributed by atoms with Crippen molar-refractivity contribution in [1.82, 2.24) is 0 Å². The van der Waals surface area contributed by atoms with Gasteiger partial charge in [0.1, 0.15) is 17.1 Å². The van der Waals surface area contributed by atoms with Crippen LogP contribution in [0.2, 0.25) is 0 Å². The zero-order valence-electron chi connectivity index (χ0n) is 20.1. The van der Waals surface area contributed by atoms with E-state index < -0.39 is 5.97 Å². The summed E-state index contributed by atoms with van der Waals surface area (Å²) >= 11 is 0. The molecule has 6 heteroatoms. The largest absolute Gasteiger partial charge is 0.507 e. The van der Waals surface area contributed by atoms with E-state index in [4.69, 9.17) is 4.74 Å². The molecule has 0 aromatic heterocycles. The van der Waals surface area contributed by atoms with Gasteiger partial charge in [0.15, 0.2) is 0 Å². The molecule has 0 unspecified atom stereocenters. The molecule has 182 valence electrons. The average Bonchev–Trinajstić information content (AvgIpc) is 2.90. The van der Waals surface area contributed by atoms with Gasteiger partial charge in [-0.05, 0) is 81.0 Å². The van der Waals surface area contributed by atoms with E-state index in [9.17, 15) is 9.90 Å². The van der Waals surface area contributed by atoms with Gasteiger partial charge in [-0.1, -0.05) is 18.2 Å². The van der Waals surface area contributed by atoms with Crippen LogP contribution in [-0.2, 0) is 0 Å². The Morgan fingerprint density at radius 1 is 0.714 bits per heavy atom. The zero-order chi connectivity index (χ0) is 24.0. The molecule has 2 N–H and O–H groups in total. The molecule has 0 atom stereocenters. The maximum Gasteiger partial charge on any atom is 0.347 e. The van der Waals surface area contributed by atoms with E-state index in [-0.39, 0.29) is 11.3 Å². The van der Waals surface area contributed by atoms with E-state index in [1.54, 1.807) is 42.5 Å². The Morgan fingerprint density at radius 3 is 1.89 bits per heavy atom. The van der Waals surface area contributed by atoms with Gasteiger partial charge in [0.25, 0.3) is 0 Å². The fourth-order valence-corrected chi connectivity index (χ4v) is 4.94. The van der Waals surface area contributed by atoms with Gasteiger partial charge in [-0.15, -0.1) is 0 Å². The minimum absolute atomic E-state index is 0.112. The molecule has 6 nitrogen and oxygen atoms in total. The molecule has 5 rings (SSSR count). The second-order valence-electron chi connectivity index (χ2n) is 9.39. The number of rotatable bonds is 6. The molecule has 3 aromatic carbocycles. The highest BCUT2D eigenvalue weighted by Gasteiger charge is 2.18. The first-order chi connectivity index (χ1) is 17.2. The van der Waals surface area contributed by atoms with Crippen LogP contribution in [0.25, 0.3) is 0 Å². The molecule has 2 aliphatic rings. The number of carbonyl (C=O) groups excluding carboxylic acids is 1. The molecule has 2 heterocycles. The number of nitrogens with zero attached hydrogens (tertiary/aromatic N) is 2. The highest BCUT2D eigenvalue weighted by Crippen LogP contribution is 2.33. The Labute approximate surface area is 207 Å². The molecular weight excluding hydrogens is 438 g/mol. The number of nitrogens with one attached hydrogen (secondary N) is 1. The van der Waals surface area contributed by atoms with Crippen molar-refractivity contribution in [3.8, 4) is 11.5 Å². The van der Waals surface area contributed by atoms with Crippen LogP contribution >= 0.6 is 0 Å². The molecule has 0 spiro atoms. The third-order valence-corrected chi connectivity index (χ3v) is 6.81. The number of anilines is 4. The van der Waals surface area contributed by atoms with E-state index >= 15 is 0 Å². The summed E-state index contributed by atoms with van der Waals surface area (Å²) < 4.78 is 5.37. The lowest BCUT2D eigenvalue weighted by atomic mass is 10.1. The Kier molecular flexibility index (Phi) is 7.07. The van der Waals surface area contributed by atoms with Gasteiger partial charge < -0.3 is 25.0 Å². The van der Waals surface area contributed by atoms with Gasteiger partial charge >= 0.3 is 5.97 Å². The first kappa shape index (κ1) is 23.1. The molecule has 0 bridgehead atoms. The van der Waals surface area contributed by atoms with Crippen molar-refractivity contribution < 1.29 is 14.6 Å². The normalized spacial score (nSPS) is 16.1. The Balaban J connectivity index is 1.37. The first-order valence-electron chi connectivity index (χ1n) is 12.7. The monoisotopic (exact) mass is 471 g/mol. The predicted molar refractivity (Wildman–Crippen MR) is 141 cm³/mol. The van der Waals surface area contributed by atoms with Crippen LogP contribution < -0.4 is 19.9 Å². The van der Waals surface area contributed by atoms with Crippen molar-refractivity contribution in [2.24, 2.45) is 0 Å². The number of carbonyl (C=O) groups is 1. The van der Waals surface area contributed by atoms with Crippen molar-refractivity contribution in [3.63, 3.8) is 0 Å². The number of benzene rings is 3.